The summed E-state index contributed by atoms with van der Waals surface area (Å²) in [5.74, 6) is 7.96. The molecule has 0 bridgehead atoms. The lowest BCUT2D eigenvalue weighted by Crippen LogP contribution is -2.74. The number of carbonyl (C=O) groups excluding carboxylic acids is 2. The number of aryl methyl sites for hydroxylation is 1. The van der Waals surface area contributed by atoms with Gasteiger partial charge in [-0.1, -0.05) is 86.6 Å². The maximum atomic E-state index is 15.2. The number of rotatable bonds is 15. The van der Waals surface area contributed by atoms with E-state index in [-0.39, 0.29) is 120 Å². The van der Waals surface area contributed by atoms with E-state index >= 15 is 4.79 Å². The monoisotopic (exact) mass is 1100 g/mol. The van der Waals surface area contributed by atoms with Gasteiger partial charge in [-0.2, -0.15) is 0 Å². The van der Waals surface area contributed by atoms with Crippen molar-refractivity contribution in [2.45, 2.75) is 170 Å². The van der Waals surface area contributed by atoms with Crippen molar-refractivity contribution in [2.24, 2.45) is 52.6 Å². The number of H-pyrrole nitrogens is 1. The van der Waals surface area contributed by atoms with Crippen LogP contribution in [-0.2, 0) is 16.0 Å². The normalized spacial score (nSPS) is 33.3. The number of carbonyl (C=O) groups is 2. The minimum Gasteiger partial charge on any atom is -0.504 e. The van der Waals surface area contributed by atoms with E-state index < -0.39 is 35.9 Å². The first-order chi connectivity index (χ1) is 39.2. The van der Waals surface area contributed by atoms with Crippen LogP contribution in [0.25, 0.3) is 10.8 Å². The molecule has 1 saturated heterocycles. The fourth-order valence-corrected chi connectivity index (χ4v) is 18.4. The second-order valence-electron chi connectivity index (χ2n) is 25.8. The number of aromatic nitrogens is 1. The number of phenolic OH excluding ortho intramolecular Hbond substituents is 1. The highest BCUT2D eigenvalue weighted by Crippen LogP contribution is 2.69. The Labute approximate surface area is 476 Å². The average molecular weight is 1100 g/mol. The van der Waals surface area contributed by atoms with Crippen LogP contribution in [0.1, 0.15) is 155 Å². The molecule has 1 aromatic heterocycles. The van der Waals surface area contributed by atoms with Gasteiger partial charge in [-0.15, -0.1) is 0 Å². The third-order valence-electron chi connectivity index (χ3n) is 21.7. The molecule has 14 heteroatoms. The number of aromatic amines is 1. The Morgan fingerprint density at radius 2 is 1.72 bits per heavy atom. The second-order valence-corrected chi connectivity index (χ2v) is 25.8. The average Bonchev–Trinajstić information content (AvgIpc) is 3.03. The summed E-state index contributed by atoms with van der Waals surface area (Å²) in [6.45, 7) is 4.20. The summed E-state index contributed by atoms with van der Waals surface area (Å²) < 4.78 is 5.60. The summed E-state index contributed by atoms with van der Waals surface area (Å²) in [6.07, 6.45) is 10.1. The topological polar surface area (TPSA) is 243 Å². The van der Waals surface area contributed by atoms with Gasteiger partial charge < -0.3 is 62.0 Å². The molecule has 432 valence electrons. The van der Waals surface area contributed by atoms with Crippen LogP contribution in [0.4, 0.5) is 0 Å². The summed E-state index contributed by atoms with van der Waals surface area (Å²) in [5.41, 5.74) is 10.5. The van der Waals surface area contributed by atoms with Gasteiger partial charge in [0.05, 0.1) is 31.2 Å². The molecule has 3 heterocycles. The first kappa shape index (κ1) is 56.0. The number of allylic oxidation sites excluding steroid dienone is 2. The summed E-state index contributed by atoms with van der Waals surface area (Å²) >= 11 is 0. The Morgan fingerprint density at radius 1 is 0.901 bits per heavy atom. The lowest BCUT2D eigenvalue weighted by atomic mass is 9.39. The molecule has 0 unspecified atom stereocenters. The Kier molecular flexibility index (Phi) is 15.9. The lowest BCUT2D eigenvalue weighted by molar-refractivity contribution is -0.164. The summed E-state index contributed by atoms with van der Waals surface area (Å²) in [7, 11) is 1.48. The zero-order valence-electron chi connectivity index (χ0n) is 47.2. The fourth-order valence-electron chi connectivity index (χ4n) is 18.4. The van der Waals surface area contributed by atoms with Gasteiger partial charge in [0.25, 0.3) is 0 Å². The number of benzene rings is 3. The van der Waals surface area contributed by atoms with Gasteiger partial charge >= 0.3 is 0 Å². The number of aliphatic hydroxyl groups excluding tert-OH is 4. The number of nitrogens with two attached hydrogens (primary N) is 1. The molecule has 12 N–H and O–H groups in total. The van der Waals surface area contributed by atoms with Crippen molar-refractivity contribution in [1.29, 1.82) is 0 Å². The zero-order valence-corrected chi connectivity index (χ0v) is 47.2. The standard InChI is InChI=1S/C67H85N5O9/c1-3-69-36-50-60(46(14-16-59(79)80)64-63-61-49(45-20-26-71-65(45)62(50)63)32-44(73)33-51(61)72-67(64)21-7-4-8-22-67)43-18-24-66(57(78)30-43)23-17-41(48-35-54(76)55(81-2)29-40(48)13-15-56(66)77)28-52(74)53(75)34-47(42-19-25-70-58(68)31-42)39-12-11-37-9-5-6-10-38(37)27-39/h5-6,9-12,19-20,26-27,29,31,35,41,43,46-47,49-53,57,59-64,69-72,74-76,78-80H,3-4,7-8,13-16,18,21-22,24-25,28,30,32-34,36,68H2,1-2H3/t41-,43+,46+,47-,49-,50+,51+,52-,53+,57+,60-,61+,62+,63-,64-,66+/m0/s1. The molecular weight excluding hydrogens is 1020 g/mol. The van der Waals surface area contributed by atoms with Crippen LogP contribution < -0.4 is 26.4 Å². The van der Waals surface area contributed by atoms with Crippen molar-refractivity contribution in [3.8, 4) is 23.3 Å². The largest absolute Gasteiger partial charge is 0.504 e. The van der Waals surface area contributed by atoms with E-state index in [4.69, 9.17) is 10.5 Å². The third-order valence-corrected chi connectivity index (χ3v) is 21.7. The zero-order chi connectivity index (χ0) is 56.3. The number of piperidine rings is 1. The molecule has 8 aliphatic rings. The molecule has 12 rings (SSSR count). The highest BCUT2D eigenvalue weighted by molar-refractivity contribution is 5.89. The first-order valence-electron chi connectivity index (χ1n) is 30.6. The number of ketones is 2. The molecule has 4 saturated carbocycles. The summed E-state index contributed by atoms with van der Waals surface area (Å²) in [6, 6.07) is 20.1. The molecular formula is C67H85N5O9. The van der Waals surface area contributed by atoms with Crippen LogP contribution in [0.2, 0.25) is 0 Å². The number of phenols is 1. The molecule has 6 aliphatic carbocycles. The Balaban J connectivity index is 0.893. The molecule has 0 radical (unpaired) electrons. The number of dihydropyridines is 1. The Hall–Kier alpha value is -5.50. The number of nitrogens with one attached hydrogen (secondary N) is 4. The minimum absolute atomic E-state index is 0.0111. The van der Waals surface area contributed by atoms with E-state index in [0.29, 0.717) is 62.2 Å². The number of Topliss-reactive ketones (excluding diaryl/α,β-unsaturated/α-hetero) is 2. The van der Waals surface area contributed by atoms with Gasteiger partial charge in [0.2, 0.25) is 0 Å². The van der Waals surface area contributed by atoms with Gasteiger partial charge in [-0.3, -0.25) is 9.59 Å². The molecule has 3 aromatic carbocycles. The second kappa shape index (κ2) is 22.9. The van der Waals surface area contributed by atoms with E-state index in [1.54, 1.807) is 12.1 Å². The highest BCUT2D eigenvalue weighted by atomic mass is 16.5. The maximum Gasteiger partial charge on any atom is 0.160 e. The van der Waals surface area contributed by atoms with Crippen LogP contribution >= 0.6 is 0 Å². The summed E-state index contributed by atoms with van der Waals surface area (Å²) in [4.78, 5) is 32.8. The molecule has 5 fully saturated rings. The van der Waals surface area contributed by atoms with Crippen molar-refractivity contribution in [3.63, 3.8) is 0 Å². The maximum absolute atomic E-state index is 15.2. The molecule has 2 spiro atoms. The third kappa shape index (κ3) is 10.2. The minimum atomic E-state index is -1.47. The van der Waals surface area contributed by atoms with Crippen molar-refractivity contribution in [1.82, 2.24) is 20.9 Å². The quantitative estimate of drug-likeness (QED) is 0.0407. The van der Waals surface area contributed by atoms with E-state index in [9.17, 15) is 35.4 Å². The van der Waals surface area contributed by atoms with Crippen molar-refractivity contribution >= 4 is 22.3 Å². The van der Waals surface area contributed by atoms with Gasteiger partial charge in [-0.25, -0.2) is 0 Å². The van der Waals surface area contributed by atoms with E-state index in [2.05, 4.69) is 88.4 Å². The van der Waals surface area contributed by atoms with E-state index in [1.807, 2.05) is 18.2 Å². The van der Waals surface area contributed by atoms with Gasteiger partial charge in [0.15, 0.2) is 23.6 Å². The van der Waals surface area contributed by atoms with Gasteiger partial charge in [-0.05, 0) is 188 Å². The number of aliphatic hydroxyl groups is 5. The molecule has 14 nitrogen and oxygen atoms in total. The van der Waals surface area contributed by atoms with E-state index in [1.165, 1.54) is 18.4 Å². The number of aromatic hydroxyl groups is 1. The molecule has 4 aromatic rings. The molecule has 81 heavy (non-hydrogen) atoms. The molecule has 2 aliphatic heterocycles. The number of methoxy groups -OCH3 is 1. The van der Waals surface area contributed by atoms with Crippen LogP contribution in [0.15, 0.2) is 90.4 Å². The SMILES string of the molecule is CCNC[C@H]1[C@H]2c3[nH]ccc3[C@@H]3CC(=O)C[C@H]4NC5(CCCCC5)[C@@H]([C@H](CCC(O)O)[C@@H]1[C@@H]1CC[C@@]5(C#C[C@@H](C[C@H](O)[C@H](O)C[C@H](C6=CCNC(N)=C6)c6ccc7ccccc7c6)c6cc(O)c(OC)cc6CCC5=O)[C@H](O)C1)[C@H]2[C@@H]43. The molecule has 0 amide bonds. The first-order valence-corrected chi connectivity index (χ1v) is 30.6. The van der Waals surface area contributed by atoms with Crippen LogP contribution in [-0.4, -0.2) is 110 Å². The van der Waals surface area contributed by atoms with Crippen molar-refractivity contribution in [3.05, 3.63) is 118 Å². The number of hydrogen-bond acceptors (Lipinski definition) is 13. The predicted octanol–water partition coefficient (Wildman–Crippen LogP) is 7.58. The van der Waals surface area contributed by atoms with E-state index in [0.717, 1.165) is 72.7 Å². The van der Waals surface area contributed by atoms with Gasteiger partial charge in [0, 0.05) is 67.0 Å². The van der Waals surface area contributed by atoms with Crippen molar-refractivity contribution in [2.75, 3.05) is 26.7 Å². The van der Waals surface area contributed by atoms with Crippen LogP contribution in [0.5, 0.6) is 11.5 Å². The van der Waals surface area contributed by atoms with Crippen LogP contribution in [0, 0.1) is 58.7 Å². The smallest absolute Gasteiger partial charge is 0.160 e. The highest BCUT2D eigenvalue weighted by Gasteiger charge is 2.68. The van der Waals surface area contributed by atoms with Crippen LogP contribution in [0.3, 0.4) is 0 Å². The van der Waals surface area contributed by atoms with Gasteiger partial charge in [0.1, 0.15) is 11.2 Å². The number of fused-ring (bicyclic) bond motifs is 6. The summed E-state index contributed by atoms with van der Waals surface area (Å²) in [5, 5.41) is 83.9. The number of hydrogen-bond donors (Lipinski definition) is 11. The Bertz CT molecular complexity index is 3110. The lowest BCUT2D eigenvalue weighted by Gasteiger charge is -2.69. The van der Waals surface area contributed by atoms with Crippen molar-refractivity contribution < 1.29 is 45.0 Å². The predicted molar refractivity (Wildman–Crippen MR) is 311 cm³/mol. The molecule has 16 atom stereocenters. The number of ether oxygens (including phenoxy) is 1. The fraction of sp³-hybridized carbons (Fsp3) is 0.582. The Morgan fingerprint density at radius 3 is 2.48 bits per heavy atom.